The number of aliphatic hydroxyl groups is 1. The number of nitrogens with zero attached hydrogens (tertiary/aromatic N) is 2. The molecule has 0 aliphatic heterocycles. The predicted molar refractivity (Wildman–Crippen MR) is 75.4 cm³/mol. The highest BCUT2D eigenvalue weighted by Gasteiger charge is 2.33. The summed E-state index contributed by atoms with van der Waals surface area (Å²) >= 11 is 0. The van der Waals surface area contributed by atoms with Gasteiger partial charge in [-0.1, -0.05) is 13.8 Å². The van der Waals surface area contributed by atoms with Crippen LogP contribution >= 0.6 is 0 Å². The van der Waals surface area contributed by atoms with Crippen molar-refractivity contribution in [2.45, 2.75) is 39.7 Å². The average molecular weight is 256 g/mol. The first-order valence-electron chi connectivity index (χ1n) is 6.77. The molecule has 0 saturated carbocycles. The molecule has 2 heterocycles. The first kappa shape index (κ1) is 12.4. The zero-order valence-electron chi connectivity index (χ0n) is 11.7. The molecule has 100 valence electrons. The Kier molecular flexibility index (Phi) is 2.75. The molecule has 0 amide bonds. The lowest BCUT2D eigenvalue weighted by Crippen LogP contribution is -2.26. The van der Waals surface area contributed by atoms with E-state index in [4.69, 9.17) is 0 Å². The van der Waals surface area contributed by atoms with Gasteiger partial charge in [0.05, 0.1) is 18.0 Å². The average Bonchev–Trinajstić information content (AvgIpc) is 2.72. The van der Waals surface area contributed by atoms with Crippen LogP contribution in [-0.4, -0.2) is 14.7 Å². The van der Waals surface area contributed by atoms with E-state index in [1.165, 1.54) is 5.69 Å². The molecule has 1 aliphatic carbocycles. The summed E-state index contributed by atoms with van der Waals surface area (Å²) in [5.74, 6) is 0. The summed E-state index contributed by atoms with van der Waals surface area (Å²) in [6.07, 6.45) is 5.40. The molecule has 0 saturated heterocycles. The molecular weight excluding hydrogens is 236 g/mol. The van der Waals surface area contributed by atoms with Crippen LogP contribution in [0.2, 0.25) is 0 Å². The van der Waals surface area contributed by atoms with Crippen LogP contribution in [0, 0.1) is 12.3 Å². The summed E-state index contributed by atoms with van der Waals surface area (Å²) in [5, 5.41) is 10.3. The number of rotatable bonds is 1. The number of aliphatic hydroxyl groups excluding tert-OH is 1. The molecule has 2 aromatic rings. The van der Waals surface area contributed by atoms with Crippen LogP contribution in [0.4, 0.5) is 0 Å². The van der Waals surface area contributed by atoms with Crippen molar-refractivity contribution in [3.05, 3.63) is 47.5 Å². The maximum absolute atomic E-state index is 10.3. The Balaban J connectivity index is 2.08. The highest BCUT2D eigenvalue weighted by molar-refractivity contribution is 5.39. The van der Waals surface area contributed by atoms with Crippen molar-refractivity contribution in [1.82, 2.24) is 9.55 Å². The number of hydrogen-bond acceptors (Lipinski definition) is 2. The van der Waals surface area contributed by atoms with E-state index in [0.29, 0.717) is 0 Å². The minimum atomic E-state index is -0.349. The fourth-order valence-electron chi connectivity index (χ4n) is 2.97. The molecule has 0 aromatic carbocycles. The van der Waals surface area contributed by atoms with Crippen LogP contribution in [0.5, 0.6) is 0 Å². The Morgan fingerprint density at radius 3 is 2.79 bits per heavy atom. The summed E-state index contributed by atoms with van der Waals surface area (Å²) in [6.45, 7) is 6.41. The van der Waals surface area contributed by atoms with E-state index in [1.54, 1.807) is 0 Å². The number of pyridine rings is 1. The molecule has 1 N–H and O–H groups in total. The van der Waals surface area contributed by atoms with Gasteiger partial charge in [-0.25, -0.2) is 0 Å². The minimum absolute atomic E-state index is 0.140. The highest BCUT2D eigenvalue weighted by Crippen LogP contribution is 2.41. The Labute approximate surface area is 113 Å². The summed E-state index contributed by atoms with van der Waals surface area (Å²) in [6, 6.07) is 6.14. The van der Waals surface area contributed by atoms with E-state index in [9.17, 15) is 5.11 Å². The lowest BCUT2D eigenvalue weighted by molar-refractivity contribution is 0.0987. The van der Waals surface area contributed by atoms with Gasteiger partial charge in [0.15, 0.2) is 0 Å². The van der Waals surface area contributed by atoms with Gasteiger partial charge in [0, 0.05) is 23.1 Å². The van der Waals surface area contributed by atoms with Crippen LogP contribution in [0.1, 0.15) is 43.3 Å². The minimum Gasteiger partial charge on any atom is -0.388 e. The van der Waals surface area contributed by atoms with Crippen molar-refractivity contribution in [3.8, 4) is 5.69 Å². The number of hydrogen-bond donors (Lipinski definition) is 1. The van der Waals surface area contributed by atoms with Crippen LogP contribution in [0.3, 0.4) is 0 Å². The summed E-state index contributed by atoms with van der Waals surface area (Å²) in [5.41, 5.74) is 4.51. The standard InChI is InChI=1S/C16H20N2O/c1-11-4-5-12(10-17-11)18-7-6-13-14(18)8-16(2,3)9-15(13)19/h4-7,10,15,19H,8-9H2,1-3H3. The van der Waals surface area contributed by atoms with E-state index < -0.39 is 0 Å². The van der Waals surface area contributed by atoms with Gasteiger partial charge in [-0.3, -0.25) is 4.98 Å². The van der Waals surface area contributed by atoms with Gasteiger partial charge < -0.3 is 9.67 Å². The third-order valence-corrected chi connectivity index (χ3v) is 3.95. The second kappa shape index (κ2) is 4.20. The molecule has 0 fully saturated rings. The molecule has 2 aromatic heterocycles. The van der Waals surface area contributed by atoms with Crippen LogP contribution in [0.25, 0.3) is 5.69 Å². The van der Waals surface area contributed by atoms with Gasteiger partial charge in [-0.15, -0.1) is 0 Å². The zero-order valence-corrected chi connectivity index (χ0v) is 11.7. The number of aryl methyl sites for hydroxylation is 1. The molecule has 3 rings (SSSR count). The smallest absolute Gasteiger partial charge is 0.0812 e. The third-order valence-electron chi connectivity index (χ3n) is 3.95. The van der Waals surface area contributed by atoms with Gasteiger partial charge in [0.1, 0.15) is 0 Å². The molecule has 0 radical (unpaired) electrons. The normalized spacial score (nSPS) is 21.2. The van der Waals surface area contributed by atoms with E-state index in [0.717, 1.165) is 29.8 Å². The fraction of sp³-hybridized carbons (Fsp3) is 0.438. The second-order valence-electron chi connectivity index (χ2n) is 6.31. The van der Waals surface area contributed by atoms with Gasteiger partial charge in [-0.05, 0) is 43.4 Å². The van der Waals surface area contributed by atoms with Crippen LogP contribution in [0.15, 0.2) is 30.6 Å². The van der Waals surface area contributed by atoms with Crippen molar-refractivity contribution < 1.29 is 5.11 Å². The van der Waals surface area contributed by atoms with Crippen molar-refractivity contribution >= 4 is 0 Å². The SMILES string of the molecule is Cc1ccc(-n2ccc3c2CC(C)(C)CC3O)cn1. The third kappa shape index (κ3) is 2.19. The van der Waals surface area contributed by atoms with Gasteiger partial charge in [0.2, 0.25) is 0 Å². The first-order chi connectivity index (χ1) is 8.96. The first-order valence-corrected chi connectivity index (χ1v) is 6.77. The molecule has 1 atom stereocenters. The molecular formula is C16H20N2O. The molecule has 0 spiro atoms. The Bertz CT molecular complexity index is 596. The van der Waals surface area contributed by atoms with Crippen LogP contribution < -0.4 is 0 Å². The second-order valence-corrected chi connectivity index (χ2v) is 6.31. The monoisotopic (exact) mass is 256 g/mol. The molecule has 1 aliphatic rings. The summed E-state index contributed by atoms with van der Waals surface area (Å²) in [7, 11) is 0. The van der Waals surface area contributed by atoms with Crippen LogP contribution in [-0.2, 0) is 6.42 Å². The maximum Gasteiger partial charge on any atom is 0.0812 e. The summed E-state index contributed by atoms with van der Waals surface area (Å²) in [4.78, 5) is 4.36. The molecule has 3 heteroatoms. The van der Waals surface area contributed by atoms with E-state index in [2.05, 4.69) is 29.5 Å². The number of fused-ring (bicyclic) bond motifs is 1. The van der Waals surface area contributed by atoms with Crippen molar-refractivity contribution in [1.29, 1.82) is 0 Å². The quantitative estimate of drug-likeness (QED) is 0.851. The van der Waals surface area contributed by atoms with E-state index in [-0.39, 0.29) is 11.5 Å². The maximum atomic E-state index is 10.3. The van der Waals surface area contributed by atoms with Gasteiger partial charge in [0.25, 0.3) is 0 Å². The fourth-order valence-corrected chi connectivity index (χ4v) is 2.97. The van der Waals surface area contributed by atoms with Crippen molar-refractivity contribution in [2.24, 2.45) is 5.41 Å². The summed E-state index contributed by atoms with van der Waals surface area (Å²) < 4.78 is 2.16. The van der Waals surface area contributed by atoms with Crippen molar-refractivity contribution in [2.75, 3.05) is 0 Å². The lowest BCUT2D eigenvalue weighted by Gasteiger charge is -2.33. The Hall–Kier alpha value is -1.61. The molecule has 19 heavy (non-hydrogen) atoms. The van der Waals surface area contributed by atoms with Crippen molar-refractivity contribution in [3.63, 3.8) is 0 Å². The van der Waals surface area contributed by atoms with E-state index >= 15 is 0 Å². The number of aromatic nitrogens is 2. The van der Waals surface area contributed by atoms with E-state index in [1.807, 2.05) is 31.5 Å². The predicted octanol–water partition coefficient (Wildman–Crippen LogP) is 3.19. The van der Waals surface area contributed by atoms with Gasteiger partial charge in [-0.2, -0.15) is 0 Å². The Morgan fingerprint density at radius 1 is 1.32 bits per heavy atom. The largest absolute Gasteiger partial charge is 0.388 e. The topological polar surface area (TPSA) is 38.0 Å². The Morgan fingerprint density at radius 2 is 2.11 bits per heavy atom. The van der Waals surface area contributed by atoms with Gasteiger partial charge >= 0.3 is 0 Å². The molecule has 3 nitrogen and oxygen atoms in total. The zero-order chi connectivity index (χ0) is 13.6. The highest BCUT2D eigenvalue weighted by atomic mass is 16.3. The molecule has 0 bridgehead atoms. The lowest BCUT2D eigenvalue weighted by atomic mass is 9.75. The molecule has 1 unspecified atom stereocenters.